The van der Waals surface area contributed by atoms with Crippen molar-refractivity contribution in [3.63, 3.8) is 0 Å². The maximum absolute atomic E-state index is 13.4. The molecule has 1 fully saturated rings. The molecule has 2 bridgehead atoms. The van der Waals surface area contributed by atoms with Crippen LogP contribution in [0.15, 0.2) is 61.2 Å². The molecule has 3 aliphatic rings. The lowest BCUT2D eigenvalue weighted by Crippen LogP contribution is -2.57. The number of hydrogen-bond acceptors (Lipinski definition) is 4. The first-order valence-electron chi connectivity index (χ1n) is 11.1. The average Bonchev–Trinajstić information content (AvgIpc) is 2.73. The number of rotatable bonds is 6. The highest BCUT2D eigenvalue weighted by molar-refractivity contribution is 6.76. The Morgan fingerprint density at radius 2 is 1.94 bits per heavy atom. The third kappa shape index (κ3) is 4.09. The van der Waals surface area contributed by atoms with Crippen LogP contribution in [0.1, 0.15) is 35.9 Å². The van der Waals surface area contributed by atoms with Gasteiger partial charge in [-0.1, -0.05) is 62.1 Å². The Hall–Kier alpha value is -2.93. The van der Waals surface area contributed by atoms with Crippen molar-refractivity contribution in [2.45, 2.75) is 56.5 Å². The molecule has 0 spiro atoms. The van der Waals surface area contributed by atoms with Crippen LogP contribution in [-0.2, 0) is 0 Å². The number of amides is 1. The molecule has 168 valence electrons. The van der Waals surface area contributed by atoms with Crippen LogP contribution in [0.25, 0.3) is 0 Å². The molecule has 2 aromatic carbocycles. The molecule has 0 radical (unpaired) electrons. The van der Waals surface area contributed by atoms with Gasteiger partial charge in [0.25, 0.3) is 5.69 Å². The second-order valence-corrected chi connectivity index (χ2v) is 15.5. The Morgan fingerprint density at radius 3 is 2.56 bits per heavy atom. The van der Waals surface area contributed by atoms with Gasteiger partial charge in [0.1, 0.15) is 5.75 Å². The molecule has 0 saturated carbocycles. The van der Waals surface area contributed by atoms with E-state index in [0.29, 0.717) is 18.1 Å². The van der Waals surface area contributed by atoms with Gasteiger partial charge in [0.05, 0.1) is 11.0 Å². The lowest BCUT2D eigenvalue weighted by Gasteiger charge is -2.55. The Morgan fingerprint density at radius 1 is 1.22 bits per heavy atom. The summed E-state index contributed by atoms with van der Waals surface area (Å²) in [6.45, 7) is 10.9. The van der Waals surface area contributed by atoms with Crippen LogP contribution >= 0.6 is 0 Å². The number of ether oxygens (including phenoxy) is 1. The normalized spacial score (nSPS) is 24.0. The number of nitrogens with zero attached hydrogens (tertiary/aromatic N) is 2. The maximum Gasteiger partial charge on any atom is 0.416 e. The zero-order valence-electron chi connectivity index (χ0n) is 18.9. The third-order valence-electron chi connectivity index (χ3n) is 6.59. The smallest absolute Gasteiger partial charge is 0.410 e. The highest BCUT2D eigenvalue weighted by Gasteiger charge is 2.54. The van der Waals surface area contributed by atoms with E-state index in [2.05, 4.69) is 26.2 Å². The number of carbonyl (C=O) groups excluding carboxylic acids is 1. The van der Waals surface area contributed by atoms with Crippen molar-refractivity contribution in [1.82, 2.24) is 4.90 Å². The van der Waals surface area contributed by atoms with Gasteiger partial charge in [-0.25, -0.2) is 4.79 Å². The van der Waals surface area contributed by atoms with Crippen LogP contribution in [0.3, 0.4) is 0 Å². The number of para-hydroxylation sites is 1. The predicted molar refractivity (Wildman–Crippen MR) is 128 cm³/mol. The summed E-state index contributed by atoms with van der Waals surface area (Å²) in [5.74, 6) is 0.685. The molecule has 1 saturated heterocycles. The van der Waals surface area contributed by atoms with Gasteiger partial charge in [-0.2, -0.15) is 0 Å². The molecule has 2 heterocycles. The fourth-order valence-corrected chi connectivity index (χ4v) is 7.68. The monoisotopic (exact) mass is 450 g/mol. The van der Waals surface area contributed by atoms with Gasteiger partial charge in [0.2, 0.25) is 0 Å². The van der Waals surface area contributed by atoms with Crippen molar-refractivity contribution >= 4 is 19.9 Å². The van der Waals surface area contributed by atoms with Gasteiger partial charge in [-0.15, -0.1) is 6.58 Å². The second kappa shape index (κ2) is 8.54. The average molecular weight is 451 g/mol. The summed E-state index contributed by atoms with van der Waals surface area (Å²) >= 11 is 0. The fourth-order valence-electron chi connectivity index (χ4n) is 5.69. The summed E-state index contributed by atoms with van der Waals surface area (Å²) in [7, 11) is -1.44. The molecule has 2 aliphatic heterocycles. The van der Waals surface area contributed by atoms with Crippen LogP contribution < -0.4 is 4.74 Å². The van der Waals surface area contributed by atoms with E-state index in [1.807, 2.05) is 35.2 Å². The molecule has 4 unspecified atom stereocenters. The topological polar surface area (TPSA) is 72.7 Å². The SMILES string of the molecule is C=CCC1C2c3c(cccc3[N+](=O)[O-])C(CC2C[Si](C)(C)C)N1C(=O)Oc1ccccc1. The number of nitro groups is 1. The zero-order chi connectivity index (χ0) is 23.0. The highest BCUT2D eigenvalue weighted by atomic mass is 28.3. The standard InChI is InChI=1S/C25H30N2O4Si/c1-5-10-20-23-17(16-32(2,3)4)15-22(19-13-9-14-21(24(19)23)27(29)30)26(20)25(28)31-18-11-7-6-8-12-18/h5-9,11-14,17,20,22-23H,1,10,15-16H2,2-4H3. The molecule has 7 heteroatoms. The number of fused-ring (bicyclic) bond motifs is 2. The van der Waals surface area contributed by atoms with E-state index in [0.717, 1.165) is 23.6 Å². The van der Waals surface area contributed by atoms with Crippen molar-refractivity contribution in [2.75, 3.05) is 0 Å². The molecular formula is C25H30N2O4Si. The van der Waals surface area contributed by atoms with Crippen molar-refractivity contribution in [2.24, 2.45) is 5.92 Å². The molecule has 32 heavy (non-hydrogen) atoms. The molecule has 4 atom stereocenters. The number of hydrogen-bond donors (Lipinski definition) is 0. The molecule has 1 amide bonds. The van der Waals surface area contributed by atoms with Gasteiger partial charge >= 0.3 is 6.09 Å². The predicted octanol–water partition coefficient (Wildman–Crippen LogP) is 6.54. The lowest BCUT2D eigenvalue weighted by atomic mass is 9.64. The Bertz CT molecular complexity index is 1030. The van der Waals surface area contributed by atoms with E-state index in [1.54, 1.807) is 24.3 Å². The number of nitro benzene ring substituents is 1. The minimum atomic E-state index is -1.44. The molecular weight excluding hydrogens is 420 g/mol. The quantitative estimate of drug-likeness (QED) is 0.217. The lowest BCUT2D eigenvalue weighted by molar-refractivity contribution is -0.386. The maximum atomic E-state index is 13.4. The van der Waals surface area contributed by atoms with Gasteiger partial charge < -0.3 is 4.74 Å². The number of benzene rings is 2. The van der Waals surface area contributed by atoms with Crippen LogP contribution in [0.2, 0.25) is 25.7 Å². The highest BCUT2D eigenvalue weighted by Crippen LogP contribution is 2.58. The minimum Gasteiger partial charge on any atom is -0.410 e. The Kier molecular flexibility index (Phi) is 5.94. The van der Waals surface area contributed by atoms with Gasteiger partial charge in [-0.05, 0) is 36.5 Å². The molecule has 2 aromatic rings. The molecule has 0 N–H and O–H groups in total. The largest absolute Gasteiger partial charge is 0.416 e. The second-order valence-electron chi connectivity index (χ2n) is 10.0. The van der Waals surface area contributed by atoms with Crippen LogP contribution in [0.5, 0.6) is 5.75 Å². The summed E-state index contributed by atoms with van der Waals surface area (Å²) in [5.41, 5.74) is 1.87. The summed E-state index contributed by atoms with van der Waals surface area (Å²) in [4.78, 5) is 26.9. The summed E-state index contributed by atoms with van der Waals surface area (Å²) < 4.78 is 5.74. The van der Waals surface area contributed by atoms with E-state index in [9.17, 15) is 14.9 Å². The van der Waals surface area contributed by atoms with E-state index >= 15 is 0 Å². The van der Waals surface area contributed by atoms with Crippen molar-refractivity contribution in [3.8, 4) is 5.75 Å². The molecule has 0 aromatic heterocycles. The van der Waals surface area contributed by atoms with E-state index in [-0.39, 0.29) is 28.6 Å². The first-order chi connectivity index (χ1) is 15.2. The van der Waals surface area contributed by atoms with Crippen LogP contribution in [0.4, 0.5) is 10.5 Å². The van der Waals surface area contributed by atoms with Crippen molar-refractivity contribution in [3.05, 3.63) is 82.4 Å². The van der Waals surface area contributed by atoms with E-state index < -0.39 is 14.2 Å². The number of piperidine rings is 1. The van der Waals surface area contributed by atoms with Crippen LogP contribution in [0, 0.1) is 16.0 Å². The third-order valence-corrected chi connectivity index (χ3v) is 8.34. The minimum absolute atomic E-state index is 0.107. The fraction of sp³-hybridized carbons (Fsp3) is 0.400. The van der Waals surface area contributed by atoms with Crippen molar-refractivity contribution < 1.29 is 14.5 Å². The van der Waals surface area contributed by atoms with Gasteiger partial charge in [0.15, 0.2) is 0 Å². The molecule has 1 aliphatic carbocycles. The Balaban J connectivity index is 1.81. The Labute approximate surface area is 190 Å². The first-order valence-corrected chi connectivity index (χ1v) is 14.8. The van der Waals surface area contributed by atoms with Gasteiger partial charge in [0, 0.05) is 31.7 Å². The zero-order valence-corrected chi connectivity index (χ0v) is 19.9. The summed E-state index contributed by atoms with van der Waals surface area (Å²) in [6, 6.07) is 14.9. The molecule has 6 nitrogen and oxygen atoms in total. The summed E-state index contributed by atoms with van der Waals surface area (Å²) in [6.07, 6.45) is 2.79. The van der Waals surface area contributed by atoms with Crippen molar-refractivity contribution in [1.29, 1.82) is 0 Å². The van der Waals surface area contributed by atoms with E-state index in [4.69, 9.17) is 4.74 Å². The van der Waals surface area contributed by atoms with Gasteiger partial charge in [-0.3, -0.25) is 15.0 Å². The number of carbonyl (C=O) groups is 1. The molecule has 5 rings (SSSR count). The van der Waals surface area contributed by atoms with E-state index in [1.165, 1.54) is 0 Å². The summed E-state index contributed by atoms with van der Waals surface area (Å²) in [5, 5.41) is 12.0. The van der Waals surface area contributed by atoms with Crippen LogP contribution in [-0.4, -0.2) is 30.0 Å². The first kappa shape index (κ1) is 22.3.